The number of carbonyl (C=O) groups is 4. The van der Waals surface area contributed by atoms with E-state index in [1.165, 1.54) is 0 Å². The van der Waals surface area contributed by atoms with Crippen molar-refractivity contribution in [1.29, 1.82) is 0 Å². The number of imide groups is 1. The van der Waals surface area contributed by atoms with Crippen molar-refractivity contribution in [3.63, 3.8) is 0 Å². The molecule has 188 valence electrons. The molecule has 0 spiro atoms. The number of hydrogen-bond acceptors (Lipinski definition) is 6. The minimum Gasteiger partial charge on any atom is -0.444 e. The molecule has 2 unspecified atom stereocenters. The van der Waals surface area contributed by atoms with Gasteiger partial charge in [0.05, 0.1) is 12.0 Å². The Morgan fingerprint density at radius 2 is 1.74 bits per heavy atom. The van der Waals surface area contributed by atoms with Crippen LogP contribution in [-0.4, -0.2) is 66.7 Å². The fraction of sp³-hybridized carbons (Fsp3) is 0.583. The Hall–Kier alpha value is -3.14. The molecule has 5 amide bonds. The Morgan fingerprint density at radius 3 is 2.41 bits per heavy atom. The van der Waals surface area contributed by atoms with Crippen molar-refractivity contribution >= 4 is 23.9 Å². The maximum absolute atomic E-state index is 12.6. The summed E-state index contributed by atoms with van der Waals surface area (Å²) in [5.41, 5.74) is 0.356. The molecule has 1 aliphatic heterocycles. The number of rotatable bonds is 8. The Bertz CT molecular complexity index is 840. The number of carbonyl (C=O) groups excluding carboxylic acids is 4. The van der Waals surface area contributed by atoms with Crippen molar-refractivity contribution in [3.8, 4) is 0 Å². The normalized spacial score (nSPS) is 17.2. The van der Waals surface area contributed by atoms with Gasteiger partial charge in [-0.2, -0.15) is 0 Å². The lowest BCUT2D eigenvalue weighted by molar-refractivity contribution is -0.130. The van der Waals surface area contributed by atoms with E-state index in [0.29, 0.717) is 26.1 Å². The minimum atomic E-state index is -0.579. The SMILES string of the molecule is CC(C(=O)NC(=O)NCc1ccccc1)N1CCCC(C(=O)NCCNC(=O)OC(C)(C)C)C1. The number of benzene rings is 1. The van der Waals surface area contributed by atoms with Crippen LogP contribution in [-0.2, 0) is 20.9 Å². The van der Waals surface area contributed by atoms with Gasteiger partial charge >= 0.3 is 12.1 Å². The maximum atomic E-state index is 12.6. The van der Waals surface area contributed by atoms with Crippen LogP contribution in [0.15, 0.2) is 30.3 Å². The number of hydrogen-bond donors (Lipinski definition) is 4. The Morgan fingerprint density at radius 1 is 1.06 bits per heavy atom. The lowest BCUT2D eigenvalue weighted by atomic mass is 9.96. The summed E-state index contributed by atoms with van der Waals surface area (Å²) in [4.78, 5) is 50.8. The second kappa shape index (κ2) is 12.9. The zero-order valence-electron chi connectivity index (χ0n) is 20.5. The number of amides is 5. The highest BCUT2D eigenvalue weighted by Gasteiger charge is 2.31. The summed E-state index contributed by atoms with van der Waals surface area (Å²) in [6.45, 7) is 9.02. The summed E-state index contributed by atoms with van der Waals surface area (Å²) < 4.78 is 5.15. The molecule has 1 heterocycles. The fourth-order valence-corrected chi connectivity index (χ4v) is 3.59. The van der Waals surface area contributed by atoms with Gasteiger partial charge in [0.25, 0.3) is 0 Å². The first kappa shape index (κ1) is 27.1. The first-order valence-corrected chi connectivity index (χ1v) is 11.7. The zero-order valence-corrected chi connectivity index (χ0v) is 20.5. The van der Waals surface area contributed by atoms with Crippen LogP contribution in [0.5, 0.6) is 0 Å². The second-order valence-electron chi connectivity index (χ2n) is 9.39. The molecular formula is C24H37N5O5. The smallest absolute Gasteiger partial charge is 0.407 e. The number of urea groups is 1. The first-order valence-electron chi connectivity index (χ1n) is 11.7. The van der Waals surface area contributed by atoms with E-state index in [0.717, 1.165) is 12.0 Å². The molecule has 0 bridgehead atoms. The van der Waals surface area contributed by atoms with Crippen LogP contribution in [0.4, 0.5) is 9.59 Å². The molecule has 1 aromatic carbocycles. The number of nitrogens with zero attached hydrogens (tertiary/aromatic N) is 1. The highest BCUT2D eigenvalue weighted by Crippen LogP contribution is 2.19. The van der Waals surface area contributed by atoms with Crippen LogP contribution in [0.1, 0.15) is 46.1 Å². The summed E-state index contributed by atoms with van der Waals surface area (Å²) in [6, 6.07) is 8.32. The molecule has 1 aliphatic rings. The molecule has 2 atom stereocenters. The first-order chi connectivity index (χ1) is 16.0. The van der Waals surface area contributed by atoms with Crippen molar-refractivity contribution in [3.05, 3.63) is 35.9 Å². The van der Waals surface area contributed by atoms with Crippen LogP contribution >= 0.6 is 0 Å². The van der Waals surface area contributed by atoms with Gasteiger partial charge in [0, 0.05) is 26.2 Å². The van der Waals surface area contributed by atoms with E-state index in [4.69, 9.17) is 4.74 Å². The number of likely N-dealkylation sites (tertiary alicyclic amines) is 1. The van der Waals surface area contributed by atoms with E-state index >= 15 is 0 Å². The Kier molecular flexibility index (Phi) is 10.3. The van der Waals surface area contributed by atoms with Gasteiger partial charge in [0.1, 0.15) is 5.60 Å². The summed E-state index contributed by atoms with van der Waals surface area (Å²) in [7, 11) is 0. The van der Waals surface area contributed by atoms with Gasteiger partial charge in [-0.15, -0.1) is 0 Å². The highest BCUT2D eigenvalue weighted by atomic mass is 16.6. The predicted octanol–water partition coefficient (Wildman–Crippen LogP) is 1.75. The van der Waals surface area contributed by atoms with Gasteiger partial charge in [-0.1, -0.05) is 30.3 Å². The fourth-order valence-electron chi connectivity index (χ4n) is 3.59. The average Bonchev–Trinajstić information content (AvgIpc) is 2.79. The standard InChI is InChI=1S/C24H37N5O5/c1-17(20(30)28-22(32)27-15-18-9-6-5-7-10-18)29-14-8-11-19(16-29)21(31)25-12-13-26-23(33)34-24(2,3)4/h5-7,9-10,17,19H,8,11-16H2,1-4H3,(H,25,31)(H,26,33)(H2,27,28,30,32). The van der Waals surface area contributed by atoms with E-state index in [1.807, 2.05) is 35.2 Å². The monoisotopic (exact) mass is 475 g/mol. The van der Waals surface area contributed by atoms with E-state index < -0.39 is 29.7 Å². The number of piperidine rings is 1. The molecule has 34 heavy (non-hydrogen) atoms. The van der Waals surface area contributed by atoms with Gasteiger partial charge in [-0.05, 0) is 52.6 Å². The average molecular weight is 476 g/mol. The predicted molar refractivity (Wildman–Crippen MR) is 128 cm³/mol. The van der Waals surface area contributed by atoms with E-state index in [2.05, 4.69) is 21.3 Å². The van der Waals surface area contributed by atoms with Crippen LogP contribution in [0, 0.1) is 5.92 Å². The van der Waals surface area contributed by atoms with E-state index in [-0.39, 0.29) is 24.9 Å². The lowest BCUT2D eigenvalue weighted by Crippen LogP contribution is -2.53. The van der Waals surface area contributed by atoms with E-state index in [9.17, 15) is 19.2 Å². The molecule has 1 aromatic rings. The molecule has 0 radical (unpaired) electrons. The summed E-state index contributed by atoms with van der Waals surface area (Å²) in [6.07, 6.45) is 0.956. The molecule has 10 nitrogen and oxygen atoms in total. The third-order valence-corrected chi connectivity index (χ3v) is 5.38. The van der Waals surface area contributed by atoms with Gasteiger partial charge in [0.15, 0.2) is 0 Å². The molecule has 1 saturated heterocycles. The topological polar surface area (TPSA) is 129 Å². The highest BCUT2D eigenvalue weighted by molar-refractivity contribution is 5.96. The molecule has 4 N–H and O–H groups in total. The third kappa shape index (κ3) is 9.78. The van der Waals surface area contributed by atoms with Crippen molar-refractivity contribution < 1.29 is 23.9 Å². The Labute approximate surface area is 201 Å². The van der Waals surface area contributed by atoms with Crippen LogP contribution < -0.4 is 21.3 Å². The summed E-state index contributed by atoms with van der Waals surface area (Å²) in [5, 5.41) is 10.5. The molecule has 1 fully saturated rings. The molecule has 10 heteroatoms. The zero-order chi connectivity index (χ0) is 25.1. The van der Waals surface area contributed by atoms with Gasteiger partial charge in [0.2, 0.25) is 11.8 Å². The van der Waals surface area contributed by atoms with Gasteiger partial charge in [-0.3, -0.25) is 19.8 Å². The summed E-state index contributed by atoms with van der Waals surface area (Å²) >= 11 is 0. The molecular weight excluding hydrogens is 438 g/mol. The minimum absolute atomic E-state index is 0.121. The molecule has 0 aromatic heterocycles. The largest absolute Gasteiger partial charge is 0.444 e. The maximum Gasteiger partial charge on any atom is 0.407 e. The quantitative estimate of drug-likeness (QED) is 0.424. The van der Waals surface area contributed by atoms with E-state index in [1.54, 1.807) is 27.7 Å². The van der Waals surface area contributed by atoms with Crippen molar-refractivity contribution in [1.82, 2.24) is 26.2 Å². The Balaban J connectivity index is 1.71. The lowest BCUT2D eigenvalue weighted by Gasteiger charge is -2.35. The second-order valence-corrected chi connectivity index (χ2v) is 9.39. The van der Waals surface area contributed by atoms with Crippen molar-refractivity contribution in [2.45, 2.75) is 58.7 Å². The third-order valence-electron chi connectivity index (χ3n) is 5.38. The van der Waals surface area contributed by atoms with Crippen LogP contribution in [0.25, 0.3) is 0 Å². The van der Waals surface area contributed by atoms with Crippen LogP contribution in [0.2, 0.25) is 0 Å². The molecule has 2 rings (SSSR count). The number of alkyl carbamates (subject to hydrolysis) is 1. The summed E-state index contributed by atoms with van der Waals surface area (Å²) in [5.74, 6) is -0.797. The molecule has 0 saturated carbocycles. The number of nitrogens with one attached hydrogen (secondary N) is 4. The van der Waals surface area contributed by atoms with Crippen LogP contribution in [0.3, 0.4) is 0 Å². The van der Waals surface area contributed by atoms with Crippen molar-refractivity contribution in [2.24, 2.45) is 5.92 Å². The van der Waals surface area contributed by atoms with Crippen molar-refractivity contribution in [2.75, 3.05) is 26.2 Å². The van der Waals surface area contributed by atoms with Gasteiger partial charge < -0.3 is 20.7 Å². The molecule has 0 aliphatic carbocycles. The van der Waals surface area contributed by atoms with Gasteiger partial charge in [-0.25, -0.2) is 9.59 Å². The number of ether oxygens (including phenoxy) is 1.